The van der Waals surface area contributed by atoms with Gasteiger partial charge in [-0.05, 0) is 62.4 Å². The monoisotopic (exact) mass is 386 g/mol. The summed E-state index contributed by atoms with van der Waals surface area (Å²) in [5.74, 6) is 0.409. The molecule has 0 fully saturated rings. The third kappa shape index (κ3) is 3.99. The number of hydrogen-bond donors (Lipinski definition) is 1. The van der Waals surface area contributed by atoms with Crippen LogP contribution in [-0.4, -0.2) is 22.4 Å². The molecule has 1 aliphatic heterocycles. The Morgan fingerprint density at radius 2 is 1.66 bits per heavy atom. The van der Waals surface area contributed by atoms with Crippen LogP contribution in [0.3, 0.4) is 0 Å². The van der Waals surface area contributed by atoms with E-state index in [-0.39, 0.29) is 5.91 Å². The first kappa shape index (κ1) is 19.1. The molecule has 5 heteroatoms. The number of carbonyl (C=O) groups is 1. The number of nitrogens with one attached hydrogen (secondary N) is 1. The highest BCUT2D eigenvalue weighted by Gasteiger charge is 2.20. The summed E-state index contributed by atoms with van der Waals surface area (Å²) in [6.45, 7) is 9.59. The predicted molar refractivity (Wildman–Crippen MR) is 117 cm³/mol. The van der Waals surface area contributed by atoms with Crippen LogP contribution in [0.4, 0.5) is 11.6 Å². The molecule has 1 aromatic heterocycles. The molecule has 29 heavy (non-hydrogen) atoms. The molecule has 1 amide bonds. The summed E-state index contributed by atoms with van der Waals surface area (Å²) < 4.78 is 0. The van der Waals surface area contributed by atoms with E-state index in [0.717, 1.165) is 42.0 Å². The van der Waals surface area contributed by atoms with Crippen molar-refractivity contribution in [2.75, 3.05) is 16.8 Å². The van der Waals surface area contributed by atoms with Crippen molar-refractivity contribution in [1.82, 2.24) is 9.97 Å². The third-order valence-corrected chi connectivity index (χ3v) is 5.40. The van der Waals surface area contributed by atoms with E-state index in [0.29, 0.717) is 11.6 Å². The van der Waals surface area contributed by atoms with E-state index >= 15 is 0 Å². The second-order valence-corrected chi connectivity index (χ2v) is 7.86. The minimum absolute atomic E-state index is 0.204. The molecular formula is C24H26N4O. The molecule has 2 aromatic carbocycles. The van der Waals surface area contributed by atoms with Gasteiger partial charge in [0.2, 0.25) is 5.95 Å². The summed E-state index contributed by atoms with van der Waals surface area (Å²) in [6, 6.07) is 14.4. The smallest absolute Gasteiger partial charge is 0.274 e. The zero-order chi connectivity index (χ0) is 20.5. The summed E-state index contributed by atoms with van der Waals surface area (Å²) in [6.07, 6.45) is 0.955. The number of nitrogens with zero attached hydrogens (tertiary/aromatic N) is 3. The number of carbonyl (C=O) groups excluding carboxylic acids is 1. The third-order valence-electron chi connectivity index (χ3n) is 5.40. The Bertz CT molecular complexity index is 1070. The number of aromatic nitrogens is 2. The van der Waals surface area contributed by atoms with Crippen LogP contribution in [0.15, 0.2) is 42.5 Å². The van der Waals surface area contributed by atoms with Crippen LogP contribution in [0.2, 0.25) is 0 Å². The van der Waals surface area contributed by atoms with E-state index in [9.17, 15) is 4.79 Å². The Labute approximate surface area is 171 Å². The van der Waals surface area contributed by atoms with Gasteiger partial charge in [-0.25, -0.2) is 9.97 Å². The molecule has 0 bridgehead atoms. The zero-order valence-electron chi connectivity index (χ0n) is 17.4. The number of benzene rings is 2. The van der Waals surface area contributed by atoms with Gasteiger partial charge in [-0.3, -0.25) is 4.79 Å². The van der Waals surface area contributed by atoms with Crippen LogP contribution in [0.5, 0.6) is 0 Å². The molecule has 0 atom stereocenters. The van der Waals surface area contributed by atoms with Crippen molar-refractivity contribution in [2.45, 2.75) is 40.7 Å². The van der Waals surface area contributed by atoms with Crippen molar-refractivity contribution < 1.29 is 4.79 Å². The lowest BCUT2D eigenvalue weighted by atomic mass is 10.0. The van der Waals surface area contributed by atoms with Crippen molar-refractivity contribution >= 4 is 17.5 Å². The van der Waals surface area contributed by atoms with Crippen molar-refractivity contribution in [3.8, 4) is 0 Å². The molecule has 1 aliphatic rings. The topological polar surface area (TPSA) is 58.1 Å². The van der Waals surface area contributed by atoms with Crippen LogP contribution in [-0.2, 0) is 13.0 Å². The molecule has 0 saturated carbocycles. The summed E-state index contributed by atoms with van der Waals surface area (Å²) in [7, 11) is 0. The molecule has 3 aromatic rings. The van der Waals surface area contributed by atoms with Gasteiger partial charge in [0.25, 0.3) is 5.91 Å². The molecule has 4 rings (SSSR count). The summed E-state index contributed by atoms with van der Waals surface area (Å²) in [5.41, 5.74) is 7.99. The van der Waals surface area contributed by atoms with Crippen molar-refractivity contribution in [2.24, 2.45) is 0 Å². The van der Waals surface area contributed by atoms with Gasteiger partial charge in [0, 0.05) is 24.5 Å². The van der Waals surface area contributed by atoms with Crippen LogP contribution in [0.25, 0.3) is 0 Å². The maximum Gasteiger partial charge on any atom is 0.274 e. The fraction of sp³-hybridized carbons (Fsp3) is 0.292. The van der Waals surface area contributed by atoms with Gasteiger partial charge in [-0.15, -0.1) is 0 Å². The van der Waals surface area contributed by atoms with Gasteiger partial charge in [0.05, 0.1) is 0 Å². The number of aryl methyl sites for hydroxylation is 4. The van der Waals surface area contributed by atoms with Crippen LogP contribution < -0.4 is 10.2 Å². The average molecular weight is 386 g/mol. The van der Waals surface area contributed by atoms with Crippen molar-refractivity contribution in [1.29, 1.82) is 0 Å². The molecule has 148 valence electrons. The predicted octanol–water partition coefficient (Wildman–Crippen LogP) is 4.53. The Hall–Kier alpha value is -3.21. The lowest BCUT2D eigenvalue weighted by Gasteiger charge is -2.29. The minimum atomic E-state index is -0.204. The van der Waals surface area contributed by atoms with Gasteiger partial charge in [-0.1, -0.05) is 42.0 Å². The van der Waals surface area contributed by atoms with E-state index in [4.69, 9.17) is 0 Å². The summed E-state index contributed by atoms with van der Waals surface area (Å²) in [5, 5.41) is 3.05. The fourth-order valence-electron chi connectivity index (χ4n) is 4.03. The van der Waals surface area contributed by atoms with Gasteiger partial charge >= 0.3 is 0 Å². The van der Waals surface area contributed by atoms with Gasteiger partial charge in [-0.2, -0.15) is 0 Å². The largest absolute Gasteiger partial charge is 0.336 e. The zero-order valence-corrected chi connectivity index (χ0v) is 17.4. The van der Waals surface area contributed by atoms with Crippen LogP contribution in [0.1, 0.15) is 44.0 Å². The highest BCUT2D eigenvalue weighted by atomic mass is 16.1. The van der Waals surface area contributed by atoms with Crippen molar-refractivity contribution in [3.63, 3.8) is 0 Å². The molecule has 0 radical (unpaired) electrons. The highest BCUT2D eigenvalue weighted by Crippen LogP contribution is 2.24. The number of hydrogen-bond acceptors (Lipinski definition) is 4. The molecule has 0 aliphatic carbocycles. The van der Waals surface area contributed by atoms with E-state index in [1.165, 1.54) is 16.7 Å². The van der Waals surface area contributed by atoms with E-state index in [2.05, 4.69) is 63.5 Å². The molecule has 2 heterocycles. The minimum Gasteiger partial charge on any atom is -0.336 e. The first-order chi connectivity index (χ1) is 13.9. The van der Waals surface area contributed by atoms with E-state index in [1.807, 2.05) is 20.8 Å². The Morgan fingerprint density at radius 3 is 2.38 bits per heavy atom. The maximum absolute atomic E-state index is 13.0. The fourth-order valence-corrected chi connectivity index (χ4v) is 4.03. The first-order valence-corrected chi connectivity index (χ1v) is 9.97. The van der Waals surface area contributed by atoms with E-state index in [1.54, 1.807) is 6.07 Å². The van der Waals surface area contributed by atoms with Gasteiger partial charge in [0.15, 0.2) is 0 Å². The SMILES string of the molecule is Cc1cc(C)c(NC(=O)c2cc(C)nc(N3CCc4ccccc4C3)n2)c(C)c1. The van der Waals surface area contributed by atoms with Gasteiger partial charge < -0.3 is 10.2 Å². The molecule has 5 nitrogen and oxygen atoms in total. The second-order valence-electron chi connectivity index (χ2n) is 7.86. The number of fused-ring (bicyclic) bond motifs is 1. The Morgan fingerprint density at radius 1 is 0.966 bits per heavy atom. The van der Waals surface area contributed by atoms with Crippen LogP contribution in [0, 0.1) is 27.7 Å². The highest BCUT2D eigenvalue weighted by molar-refractivity contribution is 6.04. The number of amides is 1. The average Bonchev–Trinajstić information content (AvgIpc) is 2.69. The quantitative estimate of drug-likeness (QED) is 0.719. The Kier molecular flexibility index (Phi) is 5.05. The lowest BCUT2D eigenvalue weighted by molar-refractivity contribution is 0.102. The van der Waals surface area contributed by atoms with Crippen LogP contribution >= 0.6 is 0 Å². The Balaban J connectivity index is 1.60. The summed E-state index contributed by atoms with van der Waals surface area (Å²) >= 11 is 0. The van der Waals surface area contributed by atoms with Gasteiger partial charge in [0.1, 0.15) is 5.69 Å². The number of anilines is 2. The molecule has 0 spiro atoms. The second kappa shape index (κ2) is 7.66. The van der Waals surface area contributed by atoms with E-state index < -0.39 is 0 Å². The molecular weight excluding hydrogens is 360 g/mol. The normalized spacial score (nSPS) is 13.2. The number of rotatable bonds is 3. The molecule has 0 unspecified atom stereocenters. The lowest BCUT2D eigenvalue weighted by Crippen LogP contribution is -2.32. The molecule has 0 saturated heterocycles. The maximum atomic E-state index is 13.0. The van der Waals surface area contributed by atoms with Crippen molar-refractivity contribution in [3.05, 3.63) is 81.7 Å². The standard InChI is InChI=1S/C24H26N4O/c1-15-11-16(2)22(17(3)12-15)27-23(29)21-13-18(4)25-24(26-21)28-10-9-19-7-5-6-8-20(19)14-28/h5-8,11-13H,9-10,14H2,1-4H3,(H,27,29). The summed E-state index contributed by atoms with van der Waals surface area (Å²) in [4.78, 5) is 24.3. The molecule has 1 N–H and O–H groups in total. The first-order valence-electron chi connectivity index (χ1n) is 9.97.